The summed E-state index contributed by atoms with van der Waals surface area (Å²) in [5.41, 5.74) is 1.58. The molecule has 1 aliphatic heterocycles. The smallest absolute Gasteiger partial charge is 0.324 e. The topological polar surface area (TPSA) is 102 Å². The molecular weight excluding hydrogens is 368 g/mol. The first-order valence-electron chi connectivity index (χ1n) is 9.51. The minimum absolute atomic E-state index is 0.400. The van der Waals surface area contributed by atoms with Crippen LogP contribution < -0.4 is 10.6 Å². The zero-order valence-electron chi connectivity index (χ0n) is 15.9. The Hall–Kier alpha value is -3.66. The summed E-state index contributed by atoms with van der Waals surface area (Å²) in [6, 6.07) is 14.5. The molecule has 2 aliphatic rings. The molecule has 2 atom stereocenters. The second kappa shape index (κ2) is 7.06. The Balaban J connectivity index is 1.59. The highest BCUT2D eigenvalue weighted by Crippen LogP contribution is 2.40. The van der Waals surface area contributed by atoms with Gasteiger partial charge in [-0.3, -0.25) is 9.59 Å². The van der Waals surface area contributed by atoms with Crippen molar-refractivity contribution in [3.05, 3.63) is 65.2 Å². The van der Waals surface area contributed by atoms with Crippen LogP contribution in [0.2, 0.25) is 0 Å². The Kier molecular flexibility index (Phi) is 4.55. The van der Waals surface area contributed by atoms with Crippen LogP contribution in [-0.2, 0) is 21.5 Å². The SMILES string of the molecule is C[C@@H](C(=O)Nc1cccc(C#N)c1)N1C(=O)N[C@@]2(CCCc3ccccc32)C1=O. The lowest BCUT2D eigenvalue weighted by molar-refractivity contribution is -0.137. The Morgan fingerprint density at radius 2 is 2.03 bits per heavy atom. The van der Waals surface area contributed by atoms with E-state index in [9.17, 15) is 14.4 Å². The molecule has 1 saturated heterocycles. The Morgan fingerprint density at radius 1 is 1.24 bits per heavy atom. The number of nitrogens with one attached hydrogen (secondary N) is 2. The van der Waals surface area contributed by atoms with E-state index < -0.39 is 29.4 Å². The van der Waals surface area contributed by atoms with Crippen molar-refractivity contribution in [1.29, 1.82) is 5.26 Å². The average molecular weight is 388 g/mol. The van der Waals surface area contributed by atoms with Crippen molar-refractivity contribution in [2.75, 3.05) is 5.32 Å². The molecule has 4 amide bonds. The van der Waals surface area contributed by atoms with Gasteiger partial charge in [0.2, 0.25) is 5.91 Å². The van der Waals surface area contributed by atoms with Gasteiger partial charge in [0, 0.05) is 5.69 Å². The van der Waals surface area contributed by atoms with Gasteiger partial charge in [-0.25, -0.2) is 9.69 Å². The molecule has 0 bridgehead atoms. The minimum atomic E-state index is -1.11. The Bertz CT molecular complexity index is 1060. The summed E-state index contributed by atoms with van der Waals surface area (Å²) in [6.45, 7) is 1.52. The number of carbonyl (C=O) groups is 3. The number of aryl methyl sites for hydroxylation is 1. The van der Waals surface area contributed by atoms with Crippen LogP contribution in [0.1, 0.15) is 36.5 Å². The van der Waals surface area contributed by atoms with E-state index in [0.717, 1.165) is 28.9 Å². The van der Waals surface area contributed by atoms with Gasteiger partial charge in [-0.1, -0.05) is 30.3 Å². The fourth-order valence-electron chi connectivity index (χ4n) is 4.16. The summed E-state index contributed by atoms with van der Waals surface area (Å²) in [5.74, 6) is -0.896. The largest absolute Gasteiger partial charge is 0.326 e. The molecule has 0 saturated carbocycles. The molecule has 2 aromatic carbocycles. The average Bonchev–Trinajstić information content (AvgIpc) is 2.98. The van der Waals surface area contributed by atoms with E-state index in [1.54, 1.807) is 18.2 Å². The molecule has 29 heavy (non-hydrogen) atoms. The molecule has 0 radical (unpaired) electrons. The lowest BCUT2D eigenvalue weighted by atomic mass is 9.76. The number of benzene rings is 2. The van der Waals surface area contributed by atoms with E-state index >= 15 is 0 Å². The maximum absolute atomic E-state index is 13.4. The molecule has 4 rings (SSSR count). The van der Waals surface area contributed by atoms with Crippen LogP contribution in [0.4, 0.5) is 10.5 Å². The van der Waals surface area contributed by atoms with Gasteiger partial charge >= 0.3 is 6.03 Å². The molecule has 2 aromatic rings. The number of urea groups is 1. The Morgan fingerprint density at radius 3 is 2.83 bits per heavy atom. The van der Waals surface area contributed by atoms with Crippen molar-refractivity contribution >= 4 is 23.5 Å². The number of fused-ring (bicyclic) bond motifs is 2. The third-order valence-electron chi connectivity index (χ3n) is 5.62. The monoisotopic (exact) mass is 388 g/mol. The lowest BCUT2D eigenvalue weighted by Gasteiger charge is -2.33. The number of amides is 4. The van der Waals surface area contributed by atoms with E-state index in [0.29, 0.717) is 17.7 Å². The van der Waals surface area contributed by atoms with Crippen molar-refractivity contribution in [2.24, 2.45) is 0 Å². The third-order valence-corrected chi connectivity index (χ3v) is 5.62. The van der Waals surface area contributed by atoms with E-state index in [1.165, 1.54) is 13.0 Å². The normalized spacial score (nSPS) is 21.3. The zero-order chi connectivity index (χ0) is 20.6. The summed E-state index contributed by atoms with van der Waals surface area (Å²) in [5, 5.41) is 14.5. The van der Waals surface area contributed by atoms with Crippen molar-refractivity contribution in [1.82, 2.24) is 10.2 Å². The van der Waals surface area contributed by atoms with Gasteiger partial charge in [0.25, 0.3) is 5.91 Å². The molecule has 1 fully saturated rings. The summed E-state index contributed by atoms with van der Waals surface area (Å²) >= 11 is 0. The molecule has 7 heteroatoms. The third kappa shape index (κ3) is 3.03. The zero-order valence-corrected chi connectivity index (χ0v) is 15.9. The van der Waals surface area contributed by atoms with E-state index in [2.05, 4.69) is 10.6 Å². The van der Waals surface area contributed by atoms with Gasteiger partial charge < -0.3 is 10.6 Å². The second-order valence-corrected chi connectivity index (χ2v) is 7.38. The maximum atomic E-state index is 13.4. The van der Waals surface area contributed by atoms with Gasteiger partial charge in [0.15, 0.2) is 0 Å². The first-order valence-corrected chi connectivity index (χ1v) is 9.51. The highest BCUT2D eigenvalue weighted by atomic mass is 16.2. The van der Waals surface area contributed by atoms with E-state index in [1.807, 2.05) is 30.3 Å². The van der Waals surface area contributed by atoms with Crippen molar-refractivity contribution in [3.8, 4) is 6.07 Å². The van der Waals surface area contributed by atoms with Gasteiger partial charge in [0.1, 0.15) is 11.6 Å². The van der Waals surface area contributed by atoms with Crippen LogP contribution >= 0.6 is 0 Å². The first kappa shape index (κ1) is 18.7. The fraction of sp³-hybridized carbons (Fsp3) is 0.273. The highest BCUT2D eigenvalue weighted by molar-refractivity contribution is 6.11. The summed E-state index contributed by atoms with van der Waals surface area (Å²) in [4.78, 5) is 39.9. The van der Waals surface area contributed by atoms with Crippen LogP contribution in [0.5, 0.6) is 0 Å². The summed E-state index contributed by atoms with van der Waals surface area (Å²) < 4.78 is 0. The van der Waals surface area contributed by atoms with Crippen molar-refractivity contribution in [3.63, 3.8) is 0 Å². The summed E-state index contributed by atoms with van der Waals surface area (Å²) in [6.07, 6.45) is 2.13. The highest BCUT2D eigenvalue weighted by Gasteiger charge is 2.55. The number of hydrogen-bond acceptors (Lipinski definition) is 4. The van der Waals surface area contributed by atoms with E-state index in [4.69, 9.17) is 5.26 Å². The van der Waals surface area contributed by atoms with Crippen molar-refractivity contribution in [2.45, 2.75) is 37.8 Å². The fourth-order valence-corrected chi connectivity index (χ4v) is 4.16. The minimum Gasteiger partial charge on any atom is -0.324 e. The molecular formula is C22H20N4O3. The number of carbonyl (C=O) groups excluding carboxylic acids is 3. The quantitative estimate of drug-likeness (QED) is 0.789. The van der Waals surface area contributed by atoms with Gasteiger partial charge in [-0.15, -0.1) is 0 Å². The second-order valence-electron chi connectivity index (χ2n) is 7.38. The predicted octanol–water partition coefficient (Wildman–Crippen LogP) is 2.67. The molecule has 1 spiro atoms. The van der Waals surface area contributed by atoms with Crippen LogP contribution in [-0.4, -0.2) is 28.8 Å². The number of nitriles is 1. The van der Waals surface area contributed by atoms with E-state index in [-0.39, 0.29) is 0 Å². The standard InChI is InChI=1S/C22H20N4O3/c1-14(19(27)24-17-9-4-6-15(12-17)13-23)26-20(28)22(25-21(26)29)11-5-8-16-7-2-3-10-18(16)22/h2-4,6-7,9-10,12,14H,5,8,11H2,1H3,(H,24,27)(H,25,29)/t14-,22+/m0/s1. The first-order chi connectivity index (χ1) is 14.0. The lowest BCUT2D eigenvalue weighted by Crippen LogP contribution is -2.49. The van der Waals surface area contributed by atoms with Gasteiger partial charge in [-0.05, 0) is 55.5 Å². The van der Waals surface area contributed by atoms with Gasteiger partial charge in [-0.2, -0.15) is 5.26 Å². The molecule has 1 aliphatic carbocycles. The Labute approximate surface area is 168 Å². The maximum Gasteiger partial charge on any atom is 0.326 e. The number of imide groups is 1. The predicted molar refractivity (Wildman–Crippen MR) is 106 cm³/mol. The number of anilines is 1. The molecule has 7 nitrogen and oxygen atoms in total. The molecule has 0 unspecified atom stereocenters. The molecule has 2 N–H and O–H groups in total. The number of rotatable bonds is 3. The number of nitrogens with zero attached hydrogens (tertiary/aromatic N) is 2. The van der Waals surface area contributed by atoms with Crippen LogP contribution in [0.25, 0.3) is 0 Å². The molecule has 146 valence electrons. The van der Waals surface area contributed by atoms with Crippen LogP contribution in [0, 0.1) is 11.3 Å². The molecule has 0 aromatic heterocycles. The van der Waals surface area contributed by atoms with Crippen LogP contribution in [0.3, 0.4) is 0 Å². The van der Waals surface area contributed by atoms with Crippen LogP contribution in [0.15, 0.2) is 48.5 Å². The van der Waals surface area contributed by atoms with Gasteiger partial charge in [0.05, 0.1) is 11.6 Å². The number of hydrogen-bond donors (Lipinski definition) is 2. The van der Waals surface area contributed by atoms with Crippen molar-refractivity contribution < 1.29 is 14.4 Å². The summed E-state index contributed by atoms with van der Waals surface area (Å²) in [7, 11) is 0. The molecule has 1 heterocycles.